The first-order valence-corrected chi connectivity index (χ1v) is 6.43. The molecule has 0 aliphatic heterocycles. The summed E-state index contributed by atoms with van der Waals surface area (Å²) in [6, 6.07) is 5.41. The van der Waals surface area contributed by atoms with E-state index in [0.29, 0.717) is 11.7 Å². The fourth-order valence-corrected chi connectivity index (χ4v) is 2.13. The lowest BCUT2D eigenvalue weighted by Crippen LogP contribution is -2.26. The van der Waals surface area contributed by atoms with Crippen LogP contribution in [0.5, 0.6) is 0 Å². The molecule has 0 aromatic heterocycles. The zero-order chi connectivity index (χ0) is 13.1. The van der Waals surface area contributed by atoms with Crippen LogP contribution >= 0.6 is 0 Å². The fraction of sp³-hybridized carbons (Fsp3) is 0.538. The molecule has 5 heteroatoms. The summed E-state index contributed by atoms with van der Waals surface area (Å²) in [4.78, 5) is 12.7. The highest BCUT2D eigenvalue weighted by Gasteiger charge is 2.29. The van der Waals surface area contributed by atoms with E-state index in [2.05, 4.69) is 11.8 Å². The minimum Gasteiger partial charge on any atom is -0.398 e. The number of nitro groups is 1. The monoisotopic (exact) mass is 249 g/mol. The second kappa shape index (κ2) is 5.25. The third kappa shape index (κ3) is 2.91. The standard InChI is InChI=1S/C13H19N3O2/c1-2-3-6-15(11-4-5-11)12-7-10(14)8-13(9-12)16(17)18/h7-9,11H,2-6,14H2,1H3. The van der Waals surface area contributed by atoms with E-state index in [0.717, 1.165) is 25.1 Å². The number of benzene rings is 1. The Morgan fingerprint density at radius 3 is 2.72 bits per heavy atom. The van der Waals surface area contributed by atoms with Crippen molar-refractivity contribution in [1.29, 1.82) is 0 Å². The quantitative estimate of drug-likeness (QED) is 0.478. The number of nitrogen functional groups attached to an aromatic ring is 1. The number of unbranched alkanes of at least 4 members (excludes halogenated alkanes) is 1. The van der Waals surface area contributed by atoms with E-state index in [1.54, 1.807) is 6.07 Å². The maximum atomic E-state index is 10.9. The summed E-state index contributed by atoms with van der Waals surface area (Å²) >= 11 is 0. The van der Waals surface area contributed by atoms with E-state index in [1.165, 1.54) is 18.9 Å². The van der Waals surface area contributed by atoms with Gasteiger partial charge in [0.1, 0.15) is 0 Å². The number of nitro benzene ring substituents is 1. The molecule has 5 nitrogen and oxygen atoms in total. The summed E-state index contributed by atoms with van der Waals surface area (Å²) in [6.07, 6.45) is 4.56. The molecular formula is C13H19N3O2. The molecular weight excluding hydrogens is 230 g/mol. The normalized spacial score (nSPS) is 14.5. The highest BCUT2D eigenvalue weighted by Crippen LogP contribution is 2.34. The lowest BCUT2D eigenvalue weighted by Gasteiger charge is -2.24. The molecule has 2 rings (SSSR count). The molecule has 1 saturated carbocycles. The third-order valence-electron chi connectivity index (χ3n) is 3.21. The molecule has 1 aromatic rings. The van der Waals surface area contributed by atoms with Gasteiger partial charge in [-0.15, -0.1) is 0 Å². The molecule has 0 heterocycles. The number of anilines is 2. The molecule has 0 unspecified atom stereocenters. The third-order valence-corrected chi connectivity index (χ3v) is 3.21. The molecule has 1 aromatic carbocycles. The summed E-state index contributed by atoms with van der Waals surface area (Å²) in [6.45, 7) is 3.09. The Balaban J connectivity index is 2.25. The van der Waals surface area contributed by atoms with Gasteiger partial charge in [-0.2, -0.15) is 0 Å². The van der Waals surface area contributed by atoms with Gasteiger partial charge < -0.3 is 10.6 Å². The Bertz CT molecular complexity index is 444. The topological polar surface area (TPSA) is 72.4 Å². The maximum Gasteiger partial charge on any atom is 0.273 e. The van der Waals surface area contributed by atoms with Gasteiger partial charge in [0.05, 0.1) is 4.92 Å². The average Bonchev–Trinajstić information content (AvgIpc) is 3.13. The van der Waals surface area contributed by atoms with Crippen molar-refractivity contribution in [1.82, 2.24) is 0 Å². The number of rotatable bonds is 6. The summed E-state index contributed by atoms with van der Waals surface area (Å²) in [5, 5.41) is 10.9. The number of nitrogens with zero attached hydrogens (tertiary/aromatic N) is 2. The van der Waals surface area contributed by atoms with Crippen molar-refractivity contribution in [3.63, 3.8) is 0 Å². The van der Waals surface area contributed by atoms with Crippen LogP contribution in [0.1, 0.15) is 32.6 Å². The van der Waals surface area contributed by atoms with E-state index in [1.807, 2.05) is 6.07 Å². The largest absolute Gasteiger partial charge is 0.398 e. The van der Waals surface area contributed by atoms with Gasteiger partial charge in [-0.1, -0.05) is 13.3 Å². The average molecular weight is 249 g/mol. The number of nitrogens with two attached hydrogens (primary N) is 1. The summed E-state index contributed by atoms with van der Waals surface area (Å²) in [5.41, 5.74) is 7.18. The van der Waals surface area contributed by atoms with Crippen molar-refractivity contribution in [2.24, 2.45) is 0 Å². The van der Waals surface area contributed by atoms with Crippen LogP contribution in [0, 0.1) is 10.1 Å². The molecule has 1 fully saturated rings. The van der Waals surface area contributed by atoms with Crippen LogP contribution in [0.2, 0.25) is 0 Å². The lowest BCUT2D eigenvalue weighted by molar-refractivity contribution is -0.384. The molecule has 2 N–H and O–H groups in total. The van der Waals surface area contributed by atoms with Gasteiger partial charge in [0.15, 0.2) is 0 Å². The van der Waals surface area contributed by atoms with Crippen LogP contribution in [0.25, 0.3) is 0 Å². The molecule has 0 bridgehead atoms. The Morgan fingerprint density at radius 1 is 1.44 bits per heavy atom. The molecule has 18 heavy (non-hydrogen) atoms. The zero-order valence-electron chi connectivity index (χ0n) is 10.6. The van der Waals surface area contributed by atoms with Crippen LogP contribution < -0.4 is 10.6 Å². The summed E-state index contributed by atoms with van der Waals surface area (Å²) < 4.78 is 0. The van der Waals surface area contributed by atoms with Gasteiger partial charge in [-0.3, -0.25) is 10.1 Å². The Labute approximate surface area is 107 Å². The Hall–Kier alpha value is -1.78. The number of non-ortho nitro benzene ring substituents is 1. The second-order valence-corrected chi connectivity index (χ2v) is 4.82. The van der Waals surface area contributed by atoms with E-state index in [4.69, 9.17) is 5.73 Å². The smallest absolute Gasteiger partial charge is 0.273 e. The highest BCUT2D eigenvalue weighted by molar-refractivity contribution is 5.63. The second-order valence-electron chi connectivity index (χ2n) is 4.82. The van der Waals surface area contributed by atoms with Crippen LogP contribution in [-0.4, -0.2) is 17.5 Å². The maximum absolute atomic E-state index is 10.9. The predicted octanol–water partition coefficient (Wildman–Crippen LogP) is 2.95. The van der Waals surface area contributed by atoms with Gasteiger partial charge in [-0.25, -0.2) is 0 Å². The minimum atomic E-state index is -0.384. The van der Waals surface area contributed by atoms with Crippen molar-refractivity contribution in [3.8, 4) is 0 Å². The van der Waals surface area contributed by atoms with Crippen LogP contribution in [0.15, 0.2) is 18.2 Å². The first-order valence-electron chi connectivity index (χ1n) is 6.43. The van der Waals surface area contributed by atoms with Gasteiger partial charge in [-0.05, 0) is 25.3 Å². The molecule has 0 amide bonds. The minimum absolute atomic E-state index is 0.0761. The highest BCUT2D eigenvalue weighted by atomic mass is 16.6. The van der Waals surface area contributed by atoms with Crippen molar-refractivity contribution in [2.45, 2.75) is 38.6 Å². The van der Waals surface area contributed by atoms with Gasteiger partial charge in [0, 0.05) is 36.1 Å². The first-order chi connectivity index (χ1) is 8.61. The van der Waals surface area contributed by atoms with Crippen LogP contribution in [0.4, 0.5) is 17.1 Å². The predicted molar refractivity (Wildman–Crippen MR) is 72.8 cm³/mol. The Morgan fingerprint density at radius 2 is 2.17 bits per heavy atom. The van der Waals surface area contributed by atoms with E-state index in [9.17, 15) is 10.1 Å². The van der Waals surface area contributed by atoms with Crippen molar-refractivity contribution in [2.75, 3.05) is 17.2 Å². The molecule has 0 atom stereocenters. The van der Waals surface area contributed by atoms with Crippen molar-refractivity contribution < 1.29 is 4.92 Å². The zero-order valence-corrected chi connectivity index (χ0v) is 10.6. The van der Waals surface area contributed by atoms with Crippen molar-refractivity contribution >= 4 is 17.1 Å². The number of hydrogen-bond donors (Lipinski definition) is 1. The SMILES string of the molecule is CCCCN(c1cc(N)cc([N+](=O)[O-])c1)C1CC1. The lowest BCUT2D eigenvalue weighted by atomic mass is 10.2. The summed E-state index contributed by atoms with van der Waals surface area (Å²) in [5.74, 6) is 0. The Kier molecular flexibility index (Phi) is 3.69. The summed E-state index contributed by atoms with van der Waals surface area (Å²) in [7, 11) is 0. The van der Waals surface area contributed by atoms with Crippen LogP contribution in [-0.2, 0) is 0 Å². The molecule has 0 radical (unpaired) electrons. The molecule has 1 aliphatic carbocycles. The number of hydrogen-bond acceptors (Lipinski definition) is 4. The van der Waals surface area contributed by atoms with Crippen LogP contribution in [0.3, 0.4) is 0 Å². The molecule has 0 saturated heterocycles. The fourth-order valence-electron chi connectivity index (χ4n) is 2.13. The first kappa shape index (κ1) is 12.7. The van der Waals surface area contributed by atoms with Gasteiger partial charge in [0.25, 0.3) is 5.69 Å². The molecule has 0 spiro atoms. The van der Waals surface area contributed by atoms with Crippen molar-refractivity contribution in [3.05, 3.63) is 28.3 Å². The van der Waals surface area contributed by atoms with E-state index < -0.39 is 0 Å². The van der Waals surface area contributed by atoms with E-state index >= 15 is 0 Å². The molecule has 1 aliphatic rings. The van der Waals surface area contributed by atoms with Gasteiger partial charge in [0.2, 0.25) is 0 Å². The van der Waals surface area contributed by atoms with Gasteiger partial charge >= 0.3 is 0 Å². The molecule has 98 valence electrons. The van der Waals surface area contributed by atoms with E-state index in [-0.39, 0.29) is 10.6 Å².